The van der Waals surface area contributed by atoms with Crippen molar-refractivity contribution in [1.82, 2.24) is 4.90 Å². The Morgan fingerprint density at radius 1 is 1.38 bits per heavy atom. The lowest BCUT2D eigenvalue weighted by atomic mass is 10.1. The number of hydrogen-bond donors (Lipinski definition) is 1. The van der Waals surface area contributed by atoms with Gasteiger partial charge in [0.25, 0.3) is 0 Å². The second-order valence-electron chi connectivity index (χ2n) is 5.55. The van der Waals surface area contributed by atoms with Gasteiger partial charge in [0.2, 0.25) is 0 Å². The molecule has 0 bridgehead atoms. The number of nitrogens with zero attached hydrogens (tertiary/aromatic N) is 2. The van der Waals surface area contributed by atoms with Gasteiger partial charge < -0.3 is 10.1 Å². The molecule has 1 N–H and O–H groups in total. The van der Waals surface area contributed by atoms with Crippen LogP contribution in [0.5, 0.6) is 0 Å². The van der Waals surface area contributed by atoms with Gasteiger partial charge in [0.05, 0.1) is 24.3 Å². The first-order valence-corrected chi connectivity index (χ1v) is 7.16. The number of nitriles is 1. The van der Waals surface area contributed by atoms with Crippen molar-refractivity contribution in [3.8, 4) is 6.07 Å². The number of hydrogen-bond acceptors (Lipinski definition) is 4. The van der Waals surface area contributed by atoms with E-state index in [0.29, 0.717) is 19.2 Å². The van der Waals surface area contributed by atoms with E-state index in [1.165, 1.54) is 12.8 Å². The lowest BCUT2D eigenvalue weighted by Gasteiger charge is -2.35. The molecule has 2 unspecified atom stereocenters. The molecule has 0 spiro atoms. The third-order valence-electron chi connectivity index (χ3n) is 4.14. The molecular weight excluding hydrogens is 276 g/mol. The third-order valence-corrected chi connectivity index (χ3v) is 4.14. The highest BCUT2D eigenvalue weighted by Crippen LogP contribution is 2.24. The van der Waals surface area contributed by atoms with E-state index >= 15 is 0 Å². The first kappa shape index (κ1) is 14.2. The number of nitrogens with one attached hydrogen (secondary N) is 1. The summed E-state index contributed by atoms with van der Waals surface area (Å²) in [7, 11) is 0. The van der Waals surface area contributed by atoms with Gasteiger partial charge in [-0.3, -0.25) is 4.90 Å². The SMILES string of the molecule is N#Cc1cc(F)c(NCC2CN3CCCC3CO2)c(F)c1. The Hall–Kier alpha value is -1.71. The maximum Gasteiger partial charge on any atom is 0.150 e. The van der Waals surface area contributed by atoms with Crippen molar-refractivity contribution in [2.75, 3.05) is 31.6 Å². The number of fused-ring (bicyclic) bond motifs is 1. The number of benzene rings is 1. The second-order valence-corrected chi connectivity index (χ2v) is 5.55. The van der Waals surface area contributed by atoms with Crippen LogP contribution in [0.2, 0.25) is 0 Å². The summed E-state index contributed by atoms with van der Waals surface area (Å²) in [6, 6.07) is 4.29. The van der Waals surface area contributed by atoms with E-state index in [1.54, 1.807) is 6.07 Å². The Bertz CT molecular complexity index is 550. The van der Waals surface area contributed by atoms with Crippen molar-refractivity contribution >= 4 is 5.69 Å². The minimum Gasteiger partial charge on any atom is -0.378 e. The predicted molar refractivity (Wildman–Crippen MR) is 73.9 cm³/mol. The van der Waals surface area contributed by atoms with Crippen LogP contribution in [0.15, 0.2) is 12.1 Å². The Morgan fingerprint density at radius 3 is 2.86 bits per heavy atom. The molecule has 2 aliphatic rings. The van der Waals surface area contributed by atoms with Gasteiger partial charge >= 0.3 is 0 Å². The largest absolute Gasteiger partial charge is 0.378 e. The number of anilines is 1. The van der Waals surface area contributed by atoms with Crippen LogP contribution in [0.3, 0.4) is 0 Å². The molecule has 2 saturated heterocycles. The minimum absolute atomic E-state index is 0.0237. The molecule has 2 heterocycles. The summed E-state index contributed by atoms with van der Waals surface area (Å²) in [6.07, 6.45) is 2.28. The number of rotatable bonds is 3. The topological polar surface area (TPSA) is 48.3 Å². The highest BCUT2D eigenvalue weighted by molar-refractivity contribution is 5.50. The van der Waals surface area contributed by atoms with Crippen molar-refractivity contribution in [3.05, 3.63) is 29.3 Å². The number of halogens is 2. The number of ether oxygens (including phenoxy) is 1. The van der Waals surface area contributed by atoms with Crippen LogP contribution in [0, 0.1) is 23.0 Å². The fourth-order valence-corrected chi connectivity index (χ4v) is 3.03. The maximum absolute atomic E-state index is 13.8. The summed E-state index contributed by atoms with van der Waals surface area (Å²) in [4.78, 5) is 2.38. The normalized spacial score (nSPS) is 25.4. The molecular formula is C15H17F2N3O. The van der Waals surface area contributed by atoms with E-state index in [4.69, 9.17) is 10.00 Å². The molecule has 2 fully saturated rings. The zero-order chi connectivity index (χ0) is 14.8. The summed E-state index contributed by atoms with van der Waals surface area (Å²) in [6.45, 7) is 2.90. The van der Waals surface area contributed by atoms with Gasteiger partial charge in [-0.05, 0) is 31.5 Å². The molecule has 1 aromatic carbocycles. The fraction of sp³-hybridized carbons (Fsp3) is 0.533. The third kappa shape index (κ3) is 2.99. The van der Waals surface area contributed by atoms with E-state index in [-0.39, 0.29) is 17.4 Å². The van der Waals surface area contributed by atoms with Crippen molar-refractivity contribution in [2.45, 2.75) is 25.0 Å². The highest BCUT2D eigenvalue weighted by Gasteiger charge is 2.32. The van der Waals surface area contributed by atoms with Crippen LogP contribution in [-0.4, -0.2) is 43.3 Å². The molecule has 1 aromatic rings. The van der Waals surface area contributed by atoms with Gasteiger partial charge in [-0.2, -0.15) is 5.26 Å². The van der Waals surface area contributed by atoms with Crippen LogP contribution in [-0.2, 0) is 4.74 Å². The zero-order valence-corrected chi connectivity index (χ0v) is 11.6. The molecule has 0 aromatic heterocycles. The van der Waals surface area contributed by atoms with Crippen LogP contribution in [0.1, 0.15) is 18.4 Å². The monoisotopic (exact) mass is 293 g/mol. The average molecular weight is 293 g/mol. The molecule has 4 nitrogen and oxygen atoms in total. The molecule has 6 heteroatoms. The summed E-state index contributed by atoms with van der Waals surface area (Å²) >= 11 is 0. The highest BCUT2D eigenvalue weighted by atomic mass is 19.1. The van der Waals surface area contributed by atoms with E-state index in [0.717, 1.165) is 25.2 Å². The molecule has 3 rings (SSSR count). The molecule has 21 heavy (non-hydrogen) atoms. The van der Waals surface area contributed by atoms with Crippen molar-refractivity contribution in [3.63, 3.8) is 0 Å². The molecule has 0 aliphatic carbocycles. The molecule has 2 atom stereocenters. The van der Waals surface area contributed by atoms with E-state index < -0.39 is 11.6 Å². The summed E-state index contributed by atoms with van der Waals surface area (Å²) in [5.41, 5.74) is -0.217. The lowest BCUT2D eigenvalue weighted by molar-refractivity contribution is -0.0416. The average Bonchev–Trinajstić information content (AvgIpc) is 2.93. The smallest absolute Gasteiger partial charge is 0.150 e. The second kappa shape index (κ2) is 5.96. The molecule has 2 aliphatic heterocycles. The van der Waals surface area contributed by atoms with Gasteiger partial charge in [-0.1, -0.05) is 0 Å². The number of morpholine rings is 1. The summed E-state index contributed by atoms with van der Waals surface area (Å²) in [5, 5.41) is 11.4. The van der Waals surface area contributed by atoms with Crippen LogP contribution < -0.4 is 5.32 Å². The predicted octanol–water partition coefficient (Wildman–Crippen LogP) is 2.11. The van der Waals surface area contributed by atoms with Crippen molar-refractivity contribution in [2.24, 2.45) is 0 Å². The Kier molecular flexibility index (Phi) is 4.04. The standard InChI is InChI=1S/C15H17F2N3O/c16-13-4-10(6-18)5-14(17)15(13)19-7-12-8-20-3-1-2-11(20)9-21-12/h4-5,11-12,19H,1-3,7-9H2. The van der Waals surface area contributed by atoms with Crippen LogP contribution in [0.4, 0.5) is 14.5 Å². The first-order chi connectivity index (χ1) is 10.2. The Balaban J connectivity index is 1.62. The van der Waals surface area contributed by atoms with Gasteiger partial charge in [0.15, 0.2) is 11.6 Å². The zero-order valence-electron chi connectivity index (χ0n) is 11.6. The molecule has 0 amide bonds. The summed E-state index contributed by atoms with van der Waals surface area (Å²) < 4.78 is 33.3. The Morgan fingerprint density at radius 2 is 2.14 bits per heavy atom. The van der Waals surface area contributed by atoms with E-state index in [9.17, 15) is 8.78 Å². The fourth-order valence-electron chi connectivity index (χ4n) is 3.03. The maximum atomic E-state index is 13.8. The lowest BCUT2D eigenvalue weighted by Crippen LogP contribution is -2.48. The first-order valence-electron chi connectivity index (χ1n) is 7.16. The van der Waals surface area contributed by atoms with Gasteiger partial charge in [-0.15, -0.1) is 0 Å². The van der Waals surface area contributed by atoms with E-state index in [1.807, 2.05) is 0 Å². The van der Waals surface area contributed by atoms with Crippen LogP contribution >= 0.6 is 0 Å². The Labute approximate surface area is 122 Å². The minimum atomic E-state index is -0.749. The molecule has 0 saturated carbocycles. The van der Waals surface area contributed by atoms with Gasteiger partial charge in [-0.25, -0.2) is 8.78 Å². The molecule has 112 valence electrons. The van der Waals surface area contributed by atoms with Gasteiger partial charge in [0, 0.05) is 19.1 Å². The molecule has 0 radical (unpaired) electrons. The van der Waals surface area contributed by atoms with Crippen LogP contribution in [0.25, 0.3) is 0 Å². The summed E-state index contributed by atoms with van der Waals surface area (Å²) in [5.74, 6) is -1.50. The van der Waals surface area contributed by atoms with Crippen molar-refractivity contribution < 1.29 is 13.5 Å². The van der Waals surface area contributed by atoms with E-state index in [2.05, 4.69) is 10.2 Å². The van der Waals surface area contributed by atoms with Gasteiger partial charge in [0.1, 0.15) is 5.69 Å². The quantitative estimate of drug-likeness (QED) is 0.927. The van der Waals surface area contributed by atoms with Crippen molar-refractivity contribution in [1.29, 1.82) is 5.26 Å².